The van der Waals surface area contributed by atoms with Gasteiger partial charge in [0, 0.05) is 26.2 Å². The van der Waals surface area contributed by atoms with Gasteiger partial charge in [0.1, 0.15) is 11.0 Å². The minimum Gasteiger partial charge on any atom is -0.478 e. The van der Waals surface area contributed by atoms with Gasteiger partial charge in [-0.25, -0.2) is 14.8 Å². The highest BCUT2D eigenvalue weighted by atomic mass is 19.4. The lowest BCUT2D eigenvalue weighted by Crippen LogP contribution is -2.26. The second-order valence-corrected chi connectivity index (χ2v) is 12.3. The van der Waals surface area contributed by atoms with Gasteiger partial charge in [0.25, 0.3) is 5.91 Å². The van der Waals surface area contributed by atoms with Crippen LogP contribution in [0.15, 0.2) is 81.6 Å². The molecule has 0 unspecified atom stereocenters. The number of carboxylic acid groups (broad SMARTS) is 1. The number of fused-ring (bicyclic) bond motifs is 4. The fraction of sp³-hybridized carbons (Fsp3) is 0.167. The van der Waals surface area contributed by atoms with E-state index in [0.29, 0.717) is 39.5 Å². The molecule has 5 N–H and O–H groups in total. The van der Waals surface area contributed by atoms with Gasteiger partial charge in [-0.1, -0.05) is 0 Å². The number of nitrogens with one attached hydrogen (secondary N) is 3. The van der Waals surface area contributed by atoms with Gasteiger partial charge in [0.2, 0.25) is 11.9 Å². The van der Waals surface area contributed by atoms with E-state index in [1.807, 2.05) is 0 Å². The van der Waals surface area contributed by atoms with Gasteiger partial charge in [-0.3, -0.25) is 15.4 Å². The number of aromatic nitrogens is 6. The highest BCUT2D eigenvalue weighted by molar-refractivity contribution is 5.98. The van der Waals surface area contributed by atoms with Crippen LogP contribution >= 0.6 is 0 Å². The molecule has 0 aliphatic heterocycles. The largest absolute Gasteiger partial charge is 0.478 e. The number of benzene rings is 4. The molecule has 294 valence electrons. The van der Waals surface area contributed by atoms with E-state index >= 15 is 0 Å². The lowest BCUT2D eigenvalue weighted by molar-refractivity contribution is -0.138. The lowest BCUT2D eigenvalue weighted by Gasteiger charge is -2.04. The van der Waals surface area contributed by atoms with Crippen molar-refractivity contribution < 1.29 is 55.0 Å². The van der Waals surface area contributed by atoms with Gasteiger partial charge in [0.15, 0.2) is 11.2 Å². The fourth-order valence-corrected chi connectivity index (χ4v) is 5.67. The molecular formula is C36H27F6N9O6. The van der Waals surface area contributed by atoms with Crippen molar-refractivity contribution in [1.29, 1.82) is 0 Å². The van der Waals surface area contributed by atoms with E-state index in [1.165, 1.54) is 24.3 Å². The molecule has 1 amide bonds. The molecule has 0 aliphatic carbocycles. The van der Waals surface area contributed by atoms with Crippen LogP contribution in [0.25, 0.3) is 44.3 Å². The minimum absolute atomic E-state index is 0.00562. The van der Waals surface area contributed by atoms with Crippen molar-refractivity contribution in [2.75, 3.05) is 23.8 Å². The Morgan fingerprint density at radius 1 is 0.649 bits per heavy atom. The number of hydrogen-bond donors (Lipinski definition) is 5. The van der Waals surface area contributed by atoms with Crippen molar-refractivity contribution in [3.05, 3.63) is 95.1 Å². The fourth-order valence-electron chi connectivity index (χ4n) is 5.67. The summed E-state index contributed by atoms with van der Waals surface area (Å²) in [4.78, 5) is 40.0. The molecule has 8 aromatic rings. The highest BCUT2D eigenvalue weighted by Gasteiger charge is 2.32. The van der Waals surface area contributed by atoms with E-state index in [9.17, 15) is 35.9 Å². The van der Waals surface area contributed by atoms with Crippen LogP contribution < -0.4 is 16.0 Å². The van der Waals surface area contributed by atoms with E-state index in [-0.39, 0.29) is 58.9 Å². The number of carbonyl (C=O) groups excluding carboxylic acids is 1. The molecule has 4 aromatic heterocycles. The summed E-state index contributed by atoms with van der Waals surface area (Å²) in [5.41, 5.74) is 1.66. The Morgan fingerprint density at radius 2 is 1.11 bits per heavy atom. The highest BCUT2D eigenvalue weighted by Crippen LogP contribution is 2.34. The van der Waals surface area contributed by atoms with E-state index in [0.717, 1.165) is 24.3 Å². The number of alkyl halides is 6. The van der Waals surface area contributed by atoms with Gasteiger partial charge in [-0.05, 0) is 72.8 Å². The van der Waals surface area contributed by atoms with Crippen molar-refractivity contribution in [2.45, 2.75) is 12.4 Å². The Morgan fingerprint density at radius 3 is 1.54 bits per heavy atom. The first-order valence-corrected chi connectivity index (χ1v) is 16.5. The summed E-state index contributed by atoms with van der Waals surface area (Å²) in [6, 6.07) is 15.5. The van der Waals surface area contributed by atoms with E-state index in [2.05, 4.69) is 35.9 Å². The molecule has 8 rings (SSSR count). The Kier molecular flexibility index (Phi) is 9.69. The molecule has 4 heterocycles. The summed E-state index contributed by atoms with van der Waals surface area (Å²) < 4.78 is 91.1. The smallest absolute Gasteiger partial charge is 0.416 e. The first kappa shape index (κ1) is 38.1. The predicted octanol–water partition coefficient (Wildman–Crippen LogP) is 7.37. The quantitative estimate of drug-likeness (QED) is 0.0959. The molecule has 57 heavy (non-hydrogen) atoms. The number of imidazole rings is 2. The zero-order valence-electron chi connectivity index (χ0n) is 29.3. The standard InChI is InChI=1S/C19H16F3N5O3.C17H11F3N4O3/c1-27-14-5-2-10(16(29)23-6-7-28)8-13(14)24-17(27)26-18-25-12-4-3-11(19(20,21)22)9-15(12)30-18;1-24-12-5-2-8(14(25)26)6-11(12)21-15(24)23-16-22-10-4-3-9(17(18,19)20)7-13(10)27-16/h2-5,8-9,28H,6-7H2,1H3,(H,23,29)(H,24,25,26);2-7H,1H3,(H,25,26)(H,21,22,23). The van der Waals surface area contributed by atoms with Crippen molar-refractivity contribution in [2.24, 2.45) is 14.1 Å². The van der Waals surface area contributed by atoms with Crippen molar-refractivity contribution in [3.63, 3.8) is 0 Å². The first-order valence-electron chi connectivity index (χ1n) is 16.5. The molecule has 15 nitrogen and oxygen atoms in total. The number of anilines is 4. The SMILES string of the molecule is Cn1c(Nc2nc3ccc(C(F)(F)F)cc3o2)nc2cc(C(=O)NCCO)ccc21.Cn1c(Nc2nc3ccc(C(F)(F)F)cc3o2)nc2cc(C(=O)O)ccc21. The van der Waals surface area contributed by atoms with Gasteiger partial charge < -0.3 is 33.5 Å². The van der Waals surface area contributed by atoms with Gasteiger partial charge in [0.05, 0.1) is 45.4 Å². The number of halogens is 6. The topological polar surface area (TPSA) is 198 Å². The number of aliphatic hydroxyl groups excluding tert-OH is 1. The molecule has 0 fully saturated rings. The third-order valence-corrected chi connectivity index (χ3v) is 8.54. The lowest BCUT2D eigenvalue weighted by atomic mass is 10.2. The van der Waals surface area contributed by atoms with Crippen molar-refractivity contribution >= 4 is 80.1 Å². The van der Waals surface area contributed by atoms with Crippen LogP contribution in [0.2, 0.25) is 0 Å². The number of aliphatic hydroxyl groups is 1. The Balaban J connectivity index is 0.000000175. The monoisotopic (exact) mass is 795 g/mol. The van der Waals surface area contributed by atoms with Crippen LogP contribution in [0.1, 0.15) is 31.8 Å². The normalized spacial score (nSPS) is 11.9. The summed E-state index contributed by atoms with van der Waals surface area (Å²) in [7, 11) is 3.43. The van der Waals surface area contributed by atoms with Gasteiger partial charge in [-0.2, -0.15) is 36.3 Å². The number of carboxylic acids is 1. The molecule has 0 radical (unpaired) electrons. The number of amides is 1. The molecule has 21 heteroatoms. The Hall–Kier alpha value is -7.16. The number of oxazole rings is 2. The van der Waals surface area contributed by atoms with Crippen molar-refractivity contribution in [1.82, 2.24) is 34.4 Å². The number of rotatable bonds is 8. The van der Waals surface area contributed by atoms with Crippen molar-refractivity contribution in [3.8, 4) is 0 Å². The minimum atomic E-state index is -4.48. The van der Waals surface area contributed by atoms with Crippen LogP contribution in [0.4, 0.5) is 50.3 Å². The van der Waals surface area contributed by atoms with Gasteiger partial charge >= 0.3 is 30.4 Å². The molecule has 0 spiro atoms. The maximum atomic E-state index is 12.9. The summed E-state index contributed by atoms with van der Waals surface area (Å²) in [5.74, 6) is -0.780. The number of aryl methyl sites for hydroxylation is 2. The Labute approximate surface area is 314 Å². The zero-order chi connectivity index (χ0) is 40.8. The second-order valence-electron chi connectivity index (χ2n) is 12.3. The van der Waals surface area contributed by atoms with E-state index < -0.39 is 29.4 Å². The predicted molar refractivity (Wildman–Crippen MR) is 192 cm³/mol. The van der Waals surface area contributed by atoms with Crippen LogP contribution in [-0.2, 0) is 26.4 Å². The first-order chi connectivity index (χ1) is 27.0. The molecule has 4 aromatic carbocycles. The average Bonchev–Trinajstić information content (AvgIpc) is 3.92. The number of carbonyl (C=O) groups is 2. The second kappa shape index (κ2) is 14.5. The summed E-state index contributed by atoms with van der Waals surface area (Å²) in [5, 5.41) is 26.1. The van der Waals surface area contributed by atoms with Gasteiger partial charge in [-0.15, -0.1) is 0 Å². The molecule has 0 saturated carbocycles. The number of hydrogen-bond acceptors (Lipinski definition) is 11. The third-order valence-electron chi connectivity index (χ3n) is 8.54. The molecule has 0 aliphatic rings. The van der Waals surface area contributed by atoms with E-state index in [4.69, 9.17) is 19.0 Å². The van der Waals surface area contributed by atoms with Crippen LogP contribution in [0.3, 0.4) is 0 Å². The molecule has 0 saturated heterocycles. The molecular weight excluding hydrogens is 768 g/mol. The van der Waals surface area contributed by atoms with E-state index in [1.54, 1.807) is 47.5 Å². The molecule has 0 atom stereocenters. The zero-order valence-corrected chi connectivity index (χ0v) is 29.3. The summed E-state index contributed by atoms with van der Waals surface area (Å²) >= 11 is 0. The summed E-state index contributed by atoms with van der Waals surface area (Å²) in [6.45, 7) is -0.0275. The molecule has 0 bridgehead atoms. The number of aromatic carboxylic acids is 1. The van der Waals surface area contributed by atoms with Crippen LogP contribution in [0.5, 0.6) is 0 Å². The number of nitrogens with zero attached hydrogens (tertiary/aromatic N) is 6. The average molecular weight is 796 g/mol. The maximum Gasteiger partial charge on any atom is 0.416 e. The maximum absolute atomic E-state index is 12.9. The summed E-state index contributed by atoms with van der Waals surface area (Å²) in [6.07, 6.45) is -8.96. The van der Waals surface area contributed by atoms with Crippen LogP contribution in [0, 0.1) is 0 Å². The van der Waals surface area contributed by atoms with Crippen LogP contribution in [-0.4, -0.2) is 64.3 Å². The third kappa shape index (κ3) is 7.85. The Bertz CT molecular complexity index is 2820.